The van der Waals surface area contributed by atoms with E-state index in [2.05, 4.69) is 46.2 Å². The highest BCUT2D eigenvalue weighted by molar-refractivity contribution is 7.99. The number of aromatic nitrogens is 1. The molecule has 4 rings (SSSR count). The highest BCUT2D eigenvalue weighted by Crippen LogP contribution is 2.25. The molecule has 1 aliphatic heterocycles. The Hall–Kier alpha value is -3.34. The van der Waals surface area contributed by atoms with Crippen LogP contribution in [0.15, 0.2) is 65.7 Å². The summed E-state index contributed by atoms with van der Waals surface area (Å²) in [6.07, 6.45) is 2.55. The number of thiazole rings is 1. The Kier molecular flexibility index (Phi) is 12.5. The third-order valence-corrected chi connectivity index (χ3v) is 9.19. The van der Waals surface area contributed by atoms with Crippen LogP contribution in [0.3, 0.4) is 0 Å². The molecule has 228 valence electrons. The predicted molar refractivity (Wildman–Crippen MR) is 178 cm³/mol. The molecule has 0 spiro atoms. The van der Waals surface area contributed by atoms with E-state index in [0.717, 1.165) is 51.8 Å². The van der Waals surface area contributed by atoms with Crippen LogP contribution in [0.25, 0.3) is 10.2 Å². The van der Waals surface area contributed by atoms with E-state index in [0.29, 0.717) is 37.1 Å². The molecular formula is C33H41N5O3S2. The van der Waals surface area contributed by atoms with E-state index in [1.165, 1.54) is 16.9 Å². The fourth-order valence-corrected chi connectivity index (χ4v) is 6.86. The van der Waals surface area contributed by atoms with Crippen LogP contribution >= 0.6 is 23.1 Å². The van der Waals surface area contributed by atoms with Crippen LogP contribution in [0.5, 0.6) is 0 Å². The second kappa shape index (κ2) is 16.5. The Morgan fingerprint density at radius 2 is 1.84 bits per heavy atom. The maximum absolute atomic E-state index is 13.7. The van der Waals surface area contributed by atoms with Crippen molar-refractivity contribution in [2.45, 2.75) is 52.0 Å². The third-order valence-electron chi connectivity index (χ3n) is 7.21. The smallest absolute Gasteiger partial charge is 0.268 e. The normalized spacial score (nSPS) is 14.8. The second-order valence-corrected chi connectivity index (χ2v) is 13.0. The summed E-state index contributed by atoms with van der Waals surface area (Å²) >= 11 is 3.45. The molecule has 2 N–H and O–H groups in total. The van der Waals surface area contributed by atoms with E-state index in [9.17, 15) is 14.4 Å². The number of aryl methyl sites for hydroxylation is 1. The molecule has 1 atom stereocenters. The van der Waals surface area contributed by atoms with Crippen molar-refractivity contribution in [2.75, 3.05) is 37.7 Å². The fraction of sp³-hybridized carbons (Fsp3) is 0.424. The van der Waals surface area contributed by atoms with E-state index in [1.807, 2.05) is 55.1 Å². The van der Waals surface area contributed by atoms with Gasteiger partial charge in [0.1, 0.15) is 6.04 Å². The van der Waals surface area contributed by atoms with E-state index < -0.39 is 11.9 Å². The minimum absolute atomic E-state index is 0.102. The highest BCUT2D eigenvalue weighted by atomic mass is 32.2. The number of benzene rings is 2. The lowest BCUT2D eigenvalue weighted by Gasteiger charge is -2.26. The van der Waals surface area contributed by atoms with Crippen LogP contribution in [-0.4, -0.2) is 77.0 Å². The number of amides is 3. The number of carbonyl (C=O) groups excluding carboxylic acids is 3. The van der Waals surface area contributed by atoms with Crippen LogP contribution in [0, 0.1) is 0 Å². The first-order valence-corrected chi connectivity index (χ1v) is 16.9. The standard InChI is InChI=1S/C33H41N5O3S2/c1-4-9-30(39)36-28(20-31-37-27-13-12-24(5-2)19-29(27)43-31)33(41)35-26(18-25-10-7-6-8-11-25)21-34-32(40)23(3)22-38-14-16-42-17-15-38/h6-8,10-13,19,28H,3-5,9,14-18,20-22H2,1-2H3,(H,34,40)(H,36,39)/t28-/m0/s1. The molecule has 0 saturated carbocycles. The third kappa shape index (κ3) is 10.1. The lowest BCUT2D eigenvalue weighted by Crippen LogP contribution is -2.42. The first-order chi connectivity index (χ1) is 20.8. The lowest BCUT2D eigenvalue weighted by atomic mass is 10.1. The van der Waals surface area contributed by atoms with Gasteiger partial charge in [-0.2, -0.15) is 11.8 Å². The summed E-state index contributed by atoms with van der Waals surface area (Å²) < 4.78 is 1.06. The van der Waals surface area contributed by atoms with Crippen molar-refractivity contribution in [2.24, 2.45) is 4.99 Å². The van der Waals surface area contributed by atoms with Crippen molar-refractivity contribution < 1.29 is 14.4 Å². The summed E-state index contributed by atoms with van der Waals surface area (Å²) in [5.74, 6) is 1.20. The minimum atomic E-state index is -0.862. The Bertz CT molecular complexity index is 1450. The van der Waals surface area contributed by atoms with Gasteiger partial charge in [-0.15, -0.1) is 11.3 Å². The van der Waals surface area contributed by atoms with Gasteiger partial charge in [-0.3, -0.25) is 19.3 Å². The van der Waals surface area contributed by atoms with Gasteiger partial charge in [0, 0.05) is 61.7 Å². The Labute approximate surface area is 262 Å². The van der Waals surface area contributed by atoms with E-state index >= 15 is 0 Å². The SMILES string of the molecule is C=C(CN1CCSCC1)C(=O)NCC(Cc1ccccc1)=NC(=O)[C@H](Cc1nc2ccc(CC)cc2s1)NC(=O)CCC. The zero-order valence-corrected chi connectivity index (χ0v) is 26.7. The first-order valence-electron chi connectivity index (χ1n) is 14.9. The Balaban J connectivity index is 1.52. The number of carbonyl (C=O) groups is 3. The maximum Gasteiger partial charge on any atom is 0.268 e. The summed E-state index contributed by atoms with van der Waals surface area (Å²) in [5, 5.41) is 6.58. The zero-order valence-electron chi connectivity index (χ0n) is 25.1. The van der Waals surface area contributed by atoms with Crippen LogP contribution in [-0.2, 0) is 33.6 Å². The number of nitrogens with one attached hydrogen (secondary N) is 2. The van der Waals surface area contributed by atoms with Crippen molar-refractivity contribution in [3.63, 3.8) is 0 Å². The summed E-state index contributed by atoms with van der Waals surface area (Å²) in [5.41, 5.74) is 4.07. The van der Waals surface area contributed by atoms with Gasteiger partial charge in [0.2, 0.25) is 11.8 Å². The molecule has 3 aromatic rings. The van der Waals surface area contributed by atoms with Crippen LogP contribution < -0.4 is 10.6 Å². The van der Waals surface area contributed by atoms with Crippen LogP contribution in [0.4, 0.5) is 0 Å². The molecule has 0 aliphatic carbocycles. The van der Waals surface area contributed by atoms with Gasteiger partial charge in [-0.1, -0.05) is 56.8 Å². The Morgan fingerprint density at radius 3 is 2.56 bits per heavy atom. The summed E-state index contributed by atoms with van der Waals surface area (Å²) in [4.78, 5) is 50.7. The van der Waals surface area contributed by atoms with Gasteiger partial charge in [-0.25, -0.2) is 9.98 Å². The number of hydrogen-bond donors (Lipinski definition) is 2. The van der Waals surface area contributed by atoms with Crippen LogP contribution in [0.2, 0.25) is 0 Å². The number of nitrogens with zero attached hydrogens (tertiary/aromatic N) is 3. The molecule has 0 unspecified atom stereocenters. The number of aliphatic imine (C=N–C) groups is 1. The van der Waals surface area contributed by atoms with Gasteiger partial charge in [-0.05, 0) is 36.1 Å². The second-order valence-electron chi connectivity index (χ2n) is 10.7. The molecule has 8 nitrogen and oxygen atoms in total. The molecule has 1 fully saturated rings. The molecule has 0 radical (unpaired) electrons. The average Bonchev–Trinajstić information content (AvgIpc) is 3.42. The predicted octanol–water partition coefficient (Wildman–Crippen LogP) is 4.62. The molecule has 1 aliphatic rings. The Morgan fingerprint density at radius 1 is 1.07 bits per heavy atom. The van der Waals surface area contributed by atoms with Gasteiger partial charge < -0.3 is 10.6 Å². The van der Waals surface area contributed by atoms with Gasteiger partial charge in [0.25, 0.3) is 5.91 Å². The molecule has 10 heteroatoms. The van der Waals surface area contributed by atoms with Crippen molar-refractivity contribution in [1.82, 2.24) is 20.5 Å². The van der Waals surface area contributed by atoms with Crippen molar-refractivity contribution >= 4 is 56.7 Å². The topological polar surface area (TPSA) is 104 Å². The minimum Gasteiger partial charge on any atom is -0.347 e. The molecule has 2 aromatic carbocycles. The summed E-state index contributed by atoms with van der Waals surface area (Å²) in [6.45, 7) is 10.5. The molecule has 2 heterocycles. The van der Waals surface area contributed by atoms with Crippen molar-refractivity contribution in [3.05, 3.63) is 76.8 Å². The largest absolute Gasteiger partial charge is 0.347 e. The van der Waals surface area contributed by atoms with Gasteiger partial charge in [0.15, 0.2) is 0 Å². The molecule has 3 amide bonds. The van der Waals surface area contributed by atoms with Crippen LogP contribution in [0.1, 0.15) is 42.8 Å². The molecule has 0 bridgehead atoms. The number of fused-ring (bicyclic) bond motifs is 1. The van der Waals surface area contributed by atoms with E-state index in [1.54, 1.807) is 0 Å². The van der Waals surface area contributed by atoms with Gasteiger partial charge >= 0.3 is 0 Å². The zero-order chi connectivity index (χ0) is 30.6. The molecule has 1 aromatic heterocycles. The van der Waals surface area contributed by atoms with E-state index in [4.69, 9.17) is 4.98 Å². The molecule has 1 saturated heterocycles. The lowest BCUT2D eigenvalue weighted by molar-refractivity contribution is -0.127. The van der Waals surface area contributed by atoms with E-state index in [-0.39, 0.29) is 24.8 Å². The number of thioether (sulfide) groups is 1. The first kappa shape index (κ1) is 32.6. The maximum atomic E-state index is 13.7. The fourth-order valence-electron chi connectivity index (χ4n) is 4.81. The van der Waals surface area contributed by atoms with Crippen molar-refractivity contribution in [1.29, 1.82) is 0 Å². The summed E-state index contributed by atoms with van der Waals surface area (Å²) in [6, 6.07) is 15.0. The average molecular weight is 620 g/mol. The van der Waals surface area contributed by atoms with Gasteiger partial charge in [0.05, 0.1) is 21.8 Å². The number of rotatable bonds is 14. The highest BCUT2D eigenvalue weighted by Gasteiger charge is 2.24. The molecular weight excluding hydrogens is 579 g/mol. The monoisotopic (exact) mass is 619 g/mol. The molecule has 43 heavy (non-hydrogen) atoms. The quantitative estimate of drug-likeness (QED) is 0.202. The summed E-state index contributed by atoms with van der Waals surface area (Å²) in [7, 11) is 0. The van der Waals surface area contributed by atoms with Crippen molar-refractivity contribution in [3.8, 4) is 0 Å². The number of hydrogen-bond acceptors (Lipinski definition) is 7.